The number of hydrogen-bond donors (Lipinski definition) is 1. The molecule has 106 valence electrons. The SMILES string of the molecule is Cc1ncnc(N)c1/N=C\C(C)C(C)CCC(C)C. The molecule has 19 heavy (non-hydrogen) atoms. The van der Waals surface area contributed by atoms with E-state index < -0.39 is 0 Å². The minimum absolute atomic E-state index is 0.428. The van der Waals surface area contributed by atoms with E-state index in [-0.39, 0.29) is 0 Å². The van der Waals surface area contributed by atoms with Crippen LogP contribution in [0.4, 0.5) is 11.5 Å². The lowest BCUT2D eigenvalue weighted by atomic mass is 9.90. The van der Waals surface area contributed by atoms with Crippen molar-refractivity contribution in [1.29, 1.82) is 0 Å². The van der Waals surface area contributed by atoms with E-state index in [2.05, 4.69) is 42.7 Å². The molecule has 2 N–H and O–H groups in total. The highest BCUT2D eigenvalue weighted by Crippen LogP contribution is 2.23. The Morgan fingerprint density at radius 3 is 2.47 bits per heavy atom. The summed E-state index contributed by atoms with van der Waals surface area (Å²) in [7, 11) is 0. The van der Waals surface area contributed by atoms with Crippen molar-refractivity contribution in [3.05, 3.63) is 12.0 Å². The summed E-state index contributed by atoms with van der Waals surface area (Å²) in [5, 5.41) is 0. The van der Waals surface area contributed by atoms with E-state index in [4.69, 9.17) is 5.73 Å². The molecule has 1 rings (SSSR count). The zero-order chi connectivity index (χ0) is 14.4. The zero-order valence-electron chi connectivity index (χ0n) is 12.7. The van der Waals surface area contributed by atoms with Gasteiger partial charge in [-0.15, -0.1) is 0 Å². The number of anilines is 1. The van der Waals surface area contributed by atoms with E-state index in [9.17, 15) is 0 Å². The van der Waals surface area contributed by atoms with E-state index in [0.717, 1.165) is 11.6 Å². The monoisotopic (exact) mass is 262 g/mol. The third-order valence-corrected chi connectivity index (χ3v) is 3.57. The summed E-state index contributed by atoms with van der Waals surface area (Å²) >= 11 is 0. The molecule has 1 aromatic rings. The highest BCUT2D eigenvalue weighted by atomic mass is 15.0. The average Bonchev–Trinajstić information content (AvgIpc) is 2.35. The van der Waals surface area contributed by atoms with E-state index in [1.807, 2.05) is 13.1 Å². The second kappa shape index (κ2) is 7.22. The predicted molar refractivity (Wildman–Crippen MR) is 81.7 cm³/mol. The molecule has 2 unspecified atom stereocenters. The second-order valence-electron chi connectivity index (χ2n) is 5.78. The Labute approximate surface area is 116 Å². The summed E-state index contributed by atoms with van der Waals surface area (Å²) in [6, 6.07) is 0. The molecule has 0 spiro atoms. The molecule has 0 aliphatic carbocycles. The molecule has 0 saturated heterocycles. The highest BCUT2D eigenvalue weighted by molar-refractivity contribution is 5.71. The molecule has 0 aliphatic rings. The number of nitrogens with zero attached hydrogens (tertiary/aromatic N) is 3. The van der Waals surface area contributed by atoms with Gasteiger partial charge >= 0.3 is 0 Å². The fraction of sp³-hybridized carbons (Fsp3) is 0.667. The van der Waals surface area contributed by atoms with Gasteiger partial charge in [-0.3, -0.25) is 4.99 Å². The summed E-state index contributed by atoms with van der Waals surface area (Å²) in [4.78, 5) is 12.6. The third-order valence-electron chi connectivity index (χ3n) is 3.57. The van der Waals surface area contributed by atoms with Gasteiger partial charge in [-0.2, -0.15) is 0 Å². The topological polar surface area (TPSA) is 64.2 Å². The smallest absolute Gasteiger partial charge is 0.153 e. The molecule has 0 aliphatic heterocycles. The first-order valence-electron chi connectivity index (χ1n) is 7.03. The molecular formula is C15H26N4. The summed E-state index contributed by atoms with van der Waals surface area (Å²) in [6.07, 6.45) is 5.94. The summed E-state index contributed by atoms with van der Waals surface area (Å²) < 4.78 is 0. The van der Waals surface area contributed by atoms with Crippen LogP contribution in [0.15, 0.2) is 11.3 Å². The van der Waals surface area contributed by atoms with Gasteiger partial charge in [-0.1, -0.05) is 34.1 Å². The molecule has 1 heterocycles. The number of rotatable bonds is 6. The fourth-order valence-electron chi connectivity index (χ4n) is 1.84. The molecule has 0 amide bonds. The van der Waals surface area contributed by atoms with Crippen LogP contribution < -0.4 is 5.73 Å². The van der Waals surface area contributed by atoms with Crippen LogP contribution >= 0.6 is 0 Å². The van der Waals surface area contributed by atoms with Crippen LogP contribution in [0.3, 0.4) is 0 Å². The first-order valence-corrected chi connectivity index (χ1v) is 7.03. The average molecular weight is 262 g/mol. The molecule has 1 aromatic heterocycles. The first kappa shape index (κ1) is 15.6. The van der Waals surface area contributed by atoms with Gasteiger partial charge in [0.2, 0.25) is 0 Å². The number of nitrogen functional groups attached to an aromatic ring is 1. The Bertz CT molecular complexity index is 406. The predicted octanol–water partition coefficient (Wildman–Crippen LogP) is 3.78. The van der Waals surface area contributed by atoms with Crippen molar-refractivity contribution in [1.82, 2.24) is 9.97 Å². The lowest BCUT2D eigenvalue weighted by molar-refractivity contribution is 0.403. The van der Waals surface area contributed by atoms with Crippen LogP contribution in [0.5, 0.6) is 0 Å². The Morgan fingerprint density at radius 2 is 1.89 bits per heavy atom. The largest absolute Gasteiger partial charge is 0.382 e. The van der Waals surface area contributed by atoms with Gasteiger partial charge in [0.05, 0.1) is 5.69 Å². The molecule has 4 heteroatoms. The zero-order valence-corrected chi connectivity index (χ0v) is 12.7. The van der Waals surface area contributed by atoms with E-state index in [1.165, 1.54) is 19.2 Å². The standard InChI is InChI=1S/C15H26N4/c1-10(2)6-7-11(3)12(4)8-17-14-13(5)18-9-19-15(14)16/h8-12H,6-7H2,1-5H3,(H2,16,18,19)/b17-8-. The molecule has 4 nitrogen and oxygen atoms in total. The molecule has 0 saturated carbocycles. The van der Waals surface area contributed by atoms with Crippen LogP contribution in [0.25, 0.3) is 0 Å². The minimum Gasteiger partial charge on any atom is -0.382 e. The van der Waals surface area contributed by atoms with Crippen molar-refractivity contribution >= 4 is 17.7 Å². The lowest BCUT2D eigenvalue weighted by Gasteiger charge is -2.17. The van der Waals surface area contributed by atoms with E-state index in [1.54, 1.807) is 0 Å². The quantitative estimate of drug-likeness (QED) is 0.793. The Hall–Kier alpha value is -1.45. The van der Waals surface area contributed by atoms with Gasteiger partial charge < -0.3 is 5.73 Å². The molecule has 0 bridgehead atoms. The van der Waals surface area contributed by atoms with E-state index in [0.29, 0.717) is 23.3 Å². The maximum absolute atomic E-state index is 5.82. The van der Waals surface area contributed by atoms with Crippen molar-refractivity contribution in [3.63, 3.8) is 0 Å². The maximum Gasteiger partial charge on any atom is 0.153 e. The minimum atomic E-state index is 0.428. The van der Waals surface area contributed by atoms with E-state index >= 15 is 0 Å². The Morgan fingerprint density at radius 1 is 1.21 bits per heavy atom. The summed E-state index contributed by atoms with van der Waals surface area (Å²) in [5.41, 5.74) is 7.34. The van der Waals surface area contributed by atoms with Crippen LogP contribution in [-0.4, -0.2) is 16.2 Å². The van der Waals surface area contributed by atoms with Crippen molar-refractivity contribution < 1.29 is 0 Å². The Balaban J connectivity index is 2.65. The number of aromatic nitrogens is 2. The maximum atomic E-state index is 5.82. The first-order chi connectivity index (χ1) is 8.91. The van der Waals surface area contributed by atoms with Crippen molar-refractivity contribution in [3.8, 4) is 0 Å². The van der Waals surface area contributed by atoms with Crippen molar-refractivity contribution in [2.45, 2.75) is 47.5 Å². The normalized spacial score (nSPS) is 15.1. The van der Waals surface area contributed by atoms with Gasteiger partial charge in [0.25, 0.3) is 0 Å². The van der Waals surface area contributed by atoms with Crippen molar-refractivity contribution in [2.24, 2.45) is 22.7 Å². The number of aliphatic imine (C=N–C) groups is 1. The van der Waals surface area contributed by atoms with Gasteiger partial charge in [-0.05, 0) is 31.1 Å². The number of hydrogen-bond acceptors (Lipinski definition) is 4. The van der Waals surface area contributed by atoms with Crippen LogP contribution in [-0.2, 0) is 0 Å². The third kappa shape index (κ3) is 4.97. The molecule has 0 aromatic carbocycles. The molecule has 0 fully saturated rings. The molecular weight excluding hydrogens is 236 g/mol. The molecule has 2 atom stereocenters. The highest BCUT2D eigenvalue weighted by Gasteiger charge is 2.11. The Kier molecular flexibility index (Phi) is 5.93. The fourth-order valence-corrected chi connectivity index (χ4v) is 1.84. The van der Waals surface area contributed by atoms with Gasteiger partial charge in [0, 0.05) is 6.21 Å². The van der Waals surface area contributed by atoms with Gasteiger partial charge in [-0.25, -0.2) is 9.97 Å². The van der Waals surface area contributed by atoms with Gasteiger partial charge in [0.15, 0.2) is 5.82 Å². The number of nitrogens with two attached hydrogens (primary N) is 1. The molecule has 0 radical (unpaired) electrons. The number of aryl methyl sites for hydroxylation is 1. The lowest BCUT2D eigenvalue weighted by Crippen LogP contribution is -2.10. The summed E-state index contributed by atoms with van der Waals surface area (Å²) in [6.45, 7) is 10.9. The van der Waals surface area contributed by atoms with Crippen LogP contribution in [0, 0.1) is 24.7 Å². The van der Waals surface area contributed by atoms with Gasteiger partial charge in [0.1, 0.15) is 12.0 Å². The van der Waals surface area contributed by atoms with Crippen LogP contribution in [0.2, 0.25) is 0 Å². The van der Waals surface area contributed by atoms with Crippen LogP contribution in [0.1, 0.15) is 46.2 Å². The second-order valence-corrected chi connectivity index (χ2v) is 5.78. The summed E-state index contributed by atoms with van der Waals surface area (Å²) in [5.74, 6) is 2.26. The van der Waals surface area contributed by atoms with Crippen molar-refractivity contribution in [2.75, 3.05) is 5.73 Å².